The zero-order chi connectivity index (χ0) is 21.4. The average molecular weight is 415 g/mol. The van der Waals surface area contributed by atoms with Gasteiger partial charge < -0.3 is 44.7 Å². The molecule has 0 bridgehead atoms. The molecule has 162 valence electrons. The van der Waals surface area contributed by atoms with Crippen LogP contribution in [-0.4, -0.2) is 89.6 Å². The second kappa shape index (κ2) is 11.0. The molecule has 29 heavy (non-hydrogen) atoms. The average Bonchev–Trinajstić information content (AvgIpc) is 2.74. The van der Waals surface area contributed by atoms with Crippen LogP contribution in [0.1, 0.15) is 5.56 Å². The summed E-state index contributed by atoms with van der Waals surface area (Å²) in [5, 5.41) is 40.9. The number of carbonyl (C=O) groups excluding carboxylic acids is 2. The maximum absolute atomic E-state index is 12.0. The Morgan fingerprint density at radius 1 is 1.14 bits per heavy atom. The fourth-order valence-electron chi connectivity index (χ4n) is 2.61. The molecule has 1 aromatic carbocycles. The number of alkyl carbamates (subject to hydrolysis) is 1. The highest BCUT2D eigenvalue weighted by molar-refractivity contribution is 5.81. The monoisotopic (exact) mass is 415 g/mol. The van der Waals surface area contributed by atoms with Crippen LogP contribution in [0.5, 0.6) is 0 Å². The summed E-state index contributed by atoms with van der Waals surface area (Å²) in [6, 6.07) is 7.59. The van der Waals surface area contributed by atoms with Crippen LogP contribution in [0, 0.1) is 0 Å². The molecule has 1 aromatic rings. The lowest BCUT2D eigenvalue weighted by Gasteiger charge is -2.39. The van der Waals surface area contributed by atoms with Gasteiger partial charge in [0.15, 0.2) is 12.3 Å². The number of hydrogen-bond acceptors (Lipinski definition) is 10. The van der Waals surface area contributed by atoms with Crippen LogP contribution in [0.25, 0.3) is 0 Å². The van der Waals surface area contributed by atoms with E-state index >= 15 is 0 Å². The molecule has 0 saturated carbocycles. The highest BCUT2D eigenvalue weighted by Crippen LogP contribution is 2.22. The summed E-state index contributed by atoms with van der Waals surface area (Å²) in [4.78, 5) is 23.9. The fraction of sp³-hybridized carbons (Fsp3) is 0.556. The van der Waals surface area contributed by atoms with E-state index in [0.717, 1.165) is 12.7 Å². The van der Waals surface area contributed by atoms with E-state index in [1.807, 2.05) is 6.07 Å². The summed E-state index contributed by atoms with van der Waals surface area (Å²) in [7, 11) is 1.11. The lowest BCUT2D eigenvalue weighted by molar-refractivity contribution is -0.301. The molecular formula is C18H25NO10. The van der Waals surface area contributed by atoms with Crippen molar-refractivity contribution in [1.82, 2.24) is 5.32 Å². The second-order valence-corrected chi connectivity index (χ2v) is 6.31. The van der Waals surface area contributed by atoms with Gasteiger partial charge in [-0.25, -0.2) is 9.59 Å². The van der Waals surface area contributed by atoms with Gasteiger partial charge in [-0.1, -0.05) is 30.3 Å². The number of aliphatic hydroxyl groups is 4. The lowest BCUT2D eigenvalue weighted by atomic mass is 9.99. The van der Waals surface area contributed by atoms with Crippen molar-refractivity contribution in [2.45, 2.75) is 43.4 Å². The number of benzene rings is 1. The molecule has 5 N–H and O–H groups in total. The van der Waals surface area contributed by atoms with Crippen molar-refractivity contribution in [2.24, 2.45) is 0 Å². The summed E-state index contributed by atoms with van der Waals surface area (Å²) < 4.78 is 20.1. The summed E-state index contributed by atoms with van der Waals surface area (Å²) in [5.41, 5.74) is 0.745. The second-order valence-electron chi connectivity index (χ2n) is 6.31. The number of esters is 1. The Hall–Kier alpha value is -2.28. The molecule has 11 nitrogen and oxygen atoms in total. The van der Waals surface area contributed by atoms with Crippen molar-refractivity contribution >= 4 is 12.1 Å². The van der Waals surface area contributed by atoms with E-state index in [0.29, 0.717) is 0 Å². The zero-order valence-electron chi connectivity index (χ0n) is 15.7. The minimum absolute atomic E-state index is 0.0197. The first-order valence-corrected chi connectivity index (χ1v) is 8.84. The third-order valence-electron chi connectivity index (χ3n) is 4.27. The van der Waals surface area contributed by atoms with Gasteiger partial charge >= 0.3 is 12.1 Å². The number of amides is 1. The first-order chi connectivity index (χ1) is 13.9. The van der Waals surface area contributed by atoms with Crippen LogP contribution >= 0.6 is 0 Å². The normalized spacial score (nSPS) is 27.7. The molecule has 0 radical (unpaired) electrons. The number of rotatable bonds is 8. The van der Waals surface area contributed by atoms with E-state index in [1.54, 1.807) is 24.3 Å². The van der Waals surface area contributed by atoms with Crippen LogP contribution in [0.3, 0.4) is 0 Å². The van der Waals surface area contributed by atoms with Crippen LogP contribution < -0.4 is 5.32 Å². The van der Waals surface area contributed by atoms with Gasteiger partial charge in [0.1, 0.15) is 31.0 Å². The zero-order valence-corrected chi connectivity index (χ0v) is 15.7. The molecule has 0 spiro atoms. The predicted octanol–water partition coefficient (Wildman–Crippen LogP) is -1.73. The third-order valence-corrected chi connectivity index (χ3v) is 4.27. The number of hydrogen-bond donors (Lipinski definition) is 5. The quantitative estimate of drug-likeness (QED) is 0.308. The Balaban J connectivity index is 1.91. The van der Waals surface area contributed by atoms with E-state index in [1.165, 1.54) is 0 Å². The lowest BCUT2D eigenvalue weighted by Crippen LogP contribution is -2.59. The van der Waals surface area contributed by atoms with Crippen LogP contribution in [0.15, 0.2) is 30.3 Å². The number of carbonyl (C=O) groups is 2. The van der Waals surface area contributed by atoms with Crippen molar-refractivity contribution in [2.75, 3.05) is 20.3 Å². The van der Waals surface area contributed by atoms with Gasteiger partial charge in [-0.3, -0.25) is 0 Å². The van der Waals surface area contributed by atoms with E-state index in [9.17, 15) is 30.0 Å². The maximum atomic E-state index is 12.0. The fourth-order valence-corrected chi connectivity index (χ4v) is 2.61. The number of aliphatic hydroxyl groups excluding tert-OH is 4. The van der Waals surface area contributed by atoms with Crippen molar-refractivity contribution in [3.05, 3.63) is 35.9 Å². The molecule has 11 heteroatoms. The first kappa shape index (κ1) is 23.0. The predicted molar refractivity (Wildman–Crippen MR) is 95.3 cm³/mol. The molecule has 1 aliphatic rings. The standard InChI is InChI=1S/C18H25NO10/c1-26-16(24)11(19-18(25)28-8-10-5-3-2-4-6-10)9-27-17-15(23)14(22)13(21)12(7-20)29-17/h2-6,11-15,17,20-23H,7-9H2,1H3,(H,19,25)/t11-,12+,13+,14-,15+,17-/m0/s1. The highest BCUT2D eigenvalue weighted by atomic mass is 16.7. The first-order valence-electron chi connectivity index (χ1n) is 8.84. The number of methoxy groups -OCH3 is 1. The van der Waals surface area contributed by atoms with Gasteiger partial charge in [0.2, 0.25) is 0 Å². The smallest absolute Gasteiger partial charge is 0.408 e. The van der Waals surface area contributed by atoms with Crippen LogP contribution in [-0.2, 0) is 30.3 Å². The topological polar surface area (TPSA) is 164 Å². The summed E-state index contributed by atoms with van der Waals surface area (Å²) in [6.45, 7) is -1.14. The van der Waals surface area contributed by atoms with Crippen molar-refractivity contribution < 1.29 is 49.0 Å². The van der Waals surface area contributed by atoms with Crippen molar-refractivity contribution in [3.8, 4) is 0 Å². The van der Waals surface area contributed by atoms with Gasteiger partial charge in [0.05, 0.1) is 20.3 Å². The molecule has 1 heterocycles. The van der Waals surface area contributed by atoms with Crippen molar-refractivity contribution in [3.63, 3.8) is 0 Å². The summed E-state index contributed by atoms with van der Waals surface area (Å²) in [6.07, 6.45) is -8.35. The Morgan fingerprint density at radius 2 is 1.83 bits per heavy atom. The molecule has 1 aliphatic heterocycles. The van der Waals surface area contributed by atoms with Gasteiger partial charge in [0.25, 0.3) is 0 Å². The molecule has 1 saturated heterocycles. The van der Waals surface area contributed by atoms with Crippen LogP contribution in [0.2, 0.25) is 0 Å². The van der Waals surface area contributed by atoms with Gasteiger partial charge in [-0.05, 0) is 5.56 Å². The molecule has 0 unspecified atom stereocenters. The van der Waals surface area contributed by atoms with Crippen LogP contribution in [0.4, 0.5) is 4.79 Å². The van der Waals surface area contributed by atoms with E-state index in [2.05, 4.69) is 10.1 Å². The van der Waals surface area contributed by atoms with Gasteiger partial charge in [-0.2, -0.15) is 0 Å². The van der Waals surface area contributed by atoms with Gasteiger partial charge in [-0.15, -0.1) is 0 Å². The molecule has 0 aromatic heterocycles. The molecular weight excluding hydrogens is 390 g/mol. The number of nitrogens with one attached hydrogen (secondary N) is 1. The third kappa shape index (κ3) is 6.35. The molecule has 6 atom stereocenters. The Morgan fingerprint density at radius 3 is 2.45 bits per heavy atom. The van der Waals surface area contributed by atoms with Gasteiger partial charge in [0, 0.05) is 0 Å². The molecule has 2 rings (SSSR count). The summed E-state index contributed by atoms with van der Waals surface area (Å²) in [5.74, 6) is -0.841. The minimum Gasteiger partial charge on any atom is -0.467 e. The molecule has 1 fully saturated rings. The Bertz CT molecular complexity index is 655. The highest BCUT2D eigenvalue weighted by Gasteiger charge is 2.44. The largest absolute Gasteiger partial charge is 0.467 e. The Kier molecular flexibility index (Phi) is 8.76. The van der Waals surface area contributed by atoms with Crippen molar-refractivity contribution in [1.29, 1.82) is 0 Å². The number of ether oxygens (including phenoxy) is 4. The van der Waals surface area contributed by atoms with E-state index in [4.69, 9.17) is 14.2 Å². The molecule has 1 amide bonds. The molecule has 0 aliphatic carbocycles. The maximum Gasteiger partial charge on any atom is 0.408 e. The summed E-state index contributed by atoms with van der Waals surface area (Å²) >= 11 is 0. The van der Waals surface area contributed by atoms with E-state index in [-0.39, 0.29) is 6.61 Å². The Labute approximate surface area is 166 Å². The van der Waals surface area contributed by atoms with E-state index < -0.39 is 62.0 Å². The minimum atomic E-state index is -1.64. The SMILES string of the molecule is COC(=O)[C@H](CO[C@H]1O[C@H](CO)[C@@H](O)[C@H](O)[C@H]1O)NC(=O)OCc1ccccc1.